The lowest BCUT2D eigenvalue weighted by molar-refractivity contribution is -0.136. The number of aliphatic carboxylic acids is 1. The highest BCUT2D eigenvalue weighted by Gasteiger charge is 2.27. The molecule has 0 aliphatic heterocycles. The third-order valence-corrected chi connectivity index (χ3v) is 4.02. The molecule has 1 fully saturated rings. The number of nitrogens with two attached hydrogens (primary N) is 1. The molecule has 0 radical (unpaired) electrons. The van der Waals surface area contributed by atoms with Gasteiger partial charge in [-0.15, -0.1) is 0 Å². The summed E-state index contributed by atoms with van der Waals surface area (Å²) in [7, 11) is 0. The number of para-hydroxylation sites is 1. The molecule has 1 aliphatic rings. The fourth-order valence-corrected chi connectivity index (χ4v) is 2.85. The fraction of sp³-hybridized carbons (Fsp3) is 0.500. The van der Waals surface area contributed by atoms with Gasteiger partial charge >= 0.3 is 5.97 Å². The van der Waals surface area contributed by atoms with E-state index in [0.717, 1.165) is 32.1 Å². The van der Waals surface area contributed by atoms with Crippen LogP contribution < -0.4 is 11.1 Å². The minimum absolute atomic E-state index is 0.0951. The van der Waals surface area contributed by atoms with Crippen molar-refractivity contribution >= 4 is 17.6 Å². The van der Waals surface area contributed by atoms with E-state index in [4.69, 9.17) is 10.8 Å². The highest BCUT2D eigenvalue weighted by atomic mass is 16.4. The Balaban J connectivity index is 2.09. The normalized spacial score (nSPS) is 22.3. The molecule has 1 aromatic carbocycles. The molecule has 1 saturated carbocycles. The number of amides is 1. The zero-order valence-corrected chi connectivity index (χ0v) is 12.0. The van der Waals surface area contributed by atoms with E-state index in [-0.39, 0.29) is 24.3 Å². The summed E-state index contributed by atoms with van der Waals surface area (Å²) >= 11 is 0. The molecule has 1 aliphatic carbocycles. The van der Waals surface area contributed by atoms with Crippen LogP contribution in [0.5, 0.6) is 0 Å². The molecule has 2 unspecified atom stereocenters. The quantitative estimate of drug-likeness (QED) is 0.741. The van der Waals surface area contributed by atoms with Gasteiger partial charge in [-0.3, -0.25) is 9.59 Å². The summed E-state index contributed by atoms with van der Waals surface area (Å²) in [5.74, 6) is -1.20. The maximum Gasteiger partial charge on any atom is 0.307 e. The summed E-state index contributed by atoms with van der Waals surface area (Å²) in [6, 6.07) is 6.90. The Hall–Kier alpha value is -1.88. The molecule has 21 heavy (non-hydrogen) atoms. The van der Waals surface area contributed by atoms with Gasteiger partial charge in [0.2, 0.25) is 5.91 Å². The standard InChI is InChI=1S/C16H22N2O3/c17-13-8-3-1-2-7-12(13)16(21)18-14-9-5-4-6-11(14)10-15(19)20/h4-6,9,12-13H,1-3,7-8,10,17H2,(H,18,21)(H,19,20). The monoisotopic (exact) mass is 290 g/mol. The van der Waals surface area contributed by atoms with E-state index in [9.17, 15) is 9.59 Å². The van der Waals surface area contributed by atoms with Gasteiger partial charge in [0.25, 0.3) is 0 Å². The molecule has 114 valence electrons. The van der Waals surface area contributed by atoms with Gasteiger partial charge in [-0.2, -0.15) is 0 Å². The molecular weight excluding hydrogens is 268 g/mol. The van der Waals surface area contributed by atoms with Gasteiger partial charge in [0, 0.05) is 11.7 Å². The van der Waals surface area contributed by atoms with Crippen molar-refractivity contribution in [3.63, 3.8) is 0 Å². The Kier molecular flexibility index (Phi) is 5.33. The highest BCUT2D eigenvalue weighted by molar-refractivity contribution is 5.94. The van der Waals surface area contributed by atoms with Crippen LogP contribution in [0, 0.1) is 5.92 Å². The third-order valence-electron chi connectivity index (χ3n) is 4.02. The first kappa shape index (κ1) is 15.5. The van der Waals surface area contributed by atoms with Crippen LogP contribution in [-0.2, 0) is 16.0 Å². The second-order valence-corrected chi connectivity index (χ2v) is 5.63. The summed E-state index contributed by atoms with van der Waals surface area (Å²) in [6.07, 6.45) is 4.77. The summed E-state index contributed by atoms with van der Waals surface area (Å²) in [4.78, 5) is 23.3. The van der Waals surface area contributed by atoms with Crippen molar-refractivity contribution < 1.29 is 14.7 Å². The van der Waals surface area contributed by atoms with Crippen LogP contribution in [0.15, 0.2) is 24.3 Å². The van der Waals surface area contributed by atoms with E-state index in [1.54, 1.807) is 24.3 Å². The number of hydrogen-bond donors (Lipinski definition) is 3. The Morgan fingerprint density at radius 3 is 2.67 bits per heavy atom. The first-order chi connectivity index (χ1) is 10.1. The lowest BCUT2D eigenvalue weighted by Crippen LogP contribution is -2.38. The minimum atomic E-state index is -0.914. The zero-order chi connectivity index (χ0) is 15.2. The number of hydrogen-bond acceptors (Lipinski definition) is 3. The van der Waals surface area contributed by atoms with Gasteiger partial charge in [-0.25, -0.2) is 0 Å². The summed E-state index contributed by atoms with van der Waals surface area (Å²) in [5.41, 5.74) is 7.28. The Labute approximate surface area is 124 Å². The lowest BCUT2D eigenvalue weighted by Gasteiger charge is -2.21. The van der Waals surface area contributed by atoms with Crippen molar-refractivity contribution in [2.45, 2.75) is 44.6 Å². The van der Waals surface area contributed by atoms with Gasteiger partial charge in [-0.05, 0) is 24.5 Å². The van der Waals surface area contributed by atoms with E-state index >= 15 is 0 Å². The number of benzene rings is 1. The van der Waals surface area contributed by atoms with Crippen molar-refractivity contribution in [1.82, 2.24) is 0 Å². The van der Waals surface area contributed by atoms with E-state index in [1.807, 2.05) is 0 Å². The SMILES string of the molecule is NC1CCCCCC1C(=O)Nc1ccccc1CC(=O)O. The molecule has 2 rings (SSSR count). The van der Waals surface area contributed by atoms with Crippen molar-refractivity contribution in [3.05, 3.63) is 29.8 Å². The van der Waals surface area contributed by atoms with Gasteiger partial charge < -0.3 is 16.2 Å². The smallest absolute Gasteiger partial charge is 0.307 e. The van der Waals surface area contributed by atoms with E-state index in [1.165, 1.54) is 0 Å². The van der Waals surface area contributed by atoms with E-state index in [2.05, 4.69) is 5.32 Å². The van der Waals surface area contributed by atoms with Crippen LogP contribution in [0.25, 0.3) is 0 Å². The topological polar surface area (TPSA) is 92.4 Å². The Morgan fingerprint density at radius 1 is 1.19 bits per heavy atom. The largest absolute Gasteiger partial charge is 0.481 e. The lowest BCUT2D eigenvalue weighted by atomic mass is 9.94. The first-order valence-corrected chi connectivity index (χ1v) is 7.44. The predicted molar refractivity (Wildman–Crippen MR) is 81.0 cm³/mol. The summed E-state index contributed by atoms with van der Waals surface area (Å²) < 4.78 is 0. The molecule has 5 heteroatoms. The van der Waals surface area contributed by atoms with Gasteiger partial charge in [0.1, 0.15) is 0 Å². The van der Waals surface area contributed by atoms with Crippen molar-refractivity contribution in [2.75, 3.05) is 5.32 Å². The predicted octanol–water partition coefficient (Wildman–Crippen LogP) is 2.16. The second kappa shape index (κ2) is 7.22. The number of carboxylic acids is 1. The molecule has 0 bridgehead atoms. The van der Waals surface area contributed by atoms with Crippen LogP contribution in [0.3, 0.4) is 0 Å². The van der Waals surface area contributed by atoms with Crippen molar-refractivity contribution in [2.24, 2.45) is 11.7 Å². The molecule has 0 heterocycles. The molecule has 0 saturated heterocycles. The number of anilines is 1. The van der Waals surface area contributed by atoms with Crippen molar-refractivity contribution in [3.8, 4) is 0 Å². The molecule has 0 aromatic heterocycles. The summed E-state index contributed by atoms with van der Waals surface area (Å²) in [5, 5.41) is 11.8. The van der Waals surface area contributed by atoms with Crippen molar-refractivity contribution in [1.29, 1.82) is 0 Å². The Morgan fingerprint density at radius 2 is 1.90 bits per heavy atom. The number of rotatable bonds is 4. The molecule has 5 nitrogen and oxygen atoms in total. The maximum atomic E-state index is 12.4. The van der Waals surface area contributed by atoms with Crippen LogP contribution >= 0.6 is 0 Å². The number of carboxylic acid groups (broad SMARTS) is 1. The maximum absolute atomic E-state index is 12.4. The second-order valence-electron chi connectivity index (χ2n) is 5.63. The molecule has 2 atom stereocenters. The van der Waals surface area contributed by atoms with E-state index in [0.29, 0.717) is 11.3 Å². The van der Waals surface area contributed by atoms with Crippen LogP contribution in [-0.4, -0.2) is 23.0 Å². The van der Waals surface area contributed by atoms with Crippen LogP contribution in [0.1, 0.15) is 37.7 Å². The average Bonchev–Trinajstić information content (AvgIpc) is 2.65. The van der Waals surface area contributed by atoms with Gasteiger partial charge in [-0.1, -0.05) is 37.5 Å². The fourth-order valence-electron chi connectivity index (χ4n) is 2.85. The molecule has 1 amide bonds. The van der Waals surface area contributed by atoms with E-state index < -0.39 is 5.97 Å². The first-order valence-electron chi connectivity index (χ1n) is 7.44. The number of carbonyl (C=O) groups excluding carboxylic acids is 1. The number of nitrogens with one attached hydrogen (secondary N) is 1. The van der Waals surface area contributed by atoms with Gasteiger partial charge in [0.15, 0.2) is 0 Å². The molecule has 4 N–H and O–H groups in total. The molecular formula is C16H22N2O3. The highest BCUT2D eigenvalue weighted by Crippen LogP contribution is 2.24. The van der Waals surface area contributed by atoms with Crippen LogP contribution in [0.4, 0.5) is 5.69 Å². The van der Waals surface area contributed by atoms with Crippen LogP contribution in [0.2, 0.25) is 0 Å². The average molecular weight is 290 g/mol. The molecule has 0 spiro atoms. The van der Waals surface area contributed by atoms with Gasteiger partial charge in [0.05, 0.1) is 12.3 Å². The molecule has 1 aromatic rings. The number of carbonyl (C=O) groups is 2. The third kappa shape index (κ3) is 4.29. The minimum Gasteiger partial charge on any atom is -0.481 e. The Bertz CT molecular complexity index is 516. The zero-order valence-electron chi connectivity index (χ0n) is 12.0. The summed E-state index contributed by atoms with van der Waals surface area (Å²) in [6.45, 7) is 0.